The van der Waals surface area contributed by atoms with E-state index in [1.54, 1.807) is 6.20 Å². The maximum atomic E-state index is 9.27. The van der Waals surface area contributed by atoms with Gasteiger partial charge in [0.25, 0.3) is 0 Å². The zero-order valence-electron chi connectivity index (χ0n) is 14.6. The van der Waals surface area contributed by atoms with Crippen LogP contribution in [0.2, 0.25) is 0 Å². The highest BCUT2D eigenvalue weighted by Gasteiger charge is 2.20. The first-order valence-electron chi connectivity index (χ1n) is 8.61. The molecule has 1 N–H and O–H groups in total. The van der Waals surface area contributed by atoms with Crippen LogP contribution < -0.4 is 4.74 Å². The second-order valence-corrected chi connectivity index (χ2v) is 7.01. The number of aromatic amines is 1. The summed E-state index contributed by atoms with van der Waals surface area (Å²) in [5.74, 6) is 1.77. The summed E-state index contributed by atoms with van der Waals surface area (Å²) >= 11 is 3.48. The molecule has 5 heteroatoms. The summed E-state index contributed by atoms with van der Waals surface area (Å²) in [6.45, 7) is 2.60. The van der Waals surface area contributed by atoms with Gasteiger partial charge in [-0.1, -0.05) is 47.5 Å². The Hall–Kier alpha value is -2.58. The van der Waals surface area contributed by atoms with Crippen LogP contribution in [0.25, 0.3) is 0 Å². The Kier molecular flexibility index (Phi) is 6.08. The van der Waals surface area contributed by atoms with Gasteiger partial charge >= 0.3 is 0 Å². The third-order valence-electron chi connectivity index (χ3n) is 4.23. The first kappa shape index (κ1) is 18.2. The molecule has 4 nitrogen and oxygen atoms in total. The van der Waals surface area contributed by atoms with Crippen LogP contribution in [0.5, 0.6) is 5.75 Å². The summed E-state index contributed by atoms with van der Waals surface area (Å²) in [5, 5.41) is 9.27. The third-order valence-corrected chi connectivity index (χ3v) is 4.72. The van der Waals surface area contributed by atoms with Gasteiger partial charge in [-0.05, 0) is 36.2 Å². The second-order valence-electron chi connectivity index (χ2n) is 6.10. The smallest absolute Gasteiger partial charge is 0.125 e. The van der Waals surface area contributed by atoms with Crippen LogP contribution >= 0.6 is 15.9 Å². The molecule has 1 aromatic heterocycles. The molecule has 0 aliphatic heterocycles. The van der Waals surface area contributed by atoms with E-state index in [0.29, 0.717) is 12.2 Å². The molecular weight excluding hydrogens is 390 g/mol. The summed E-state index contributed by atoms with van der Waals surface area (Å²) in [6.07, 6.45) is 5.58. The minimum absolute atomic E-state index is 0.111. The summed E-state index contributed by atoms with van der Waals surface area (Å²) in [7, 11) is 0. The number of H-pyrrole nitrogens is 1. The molecule has 132 valence electrons. The Bertz CT molecular complexity index is 900. The van der Waals surface area contributed by atoms with E-state index >= 15 is 0 Å². The molecule has 26 heavy (non-hydrogen) atoms. The number of nitrogens with zero attached hydrogens (tertiary/aromatic N) is 2. The summed E-state index contributed by atoms with van der Waals surface area (Å²) in [4.78, 5) is 7.66. The van der Waals surface area contributed by atoms with Crippen molar-refractivity contribution in [3.63, 3.8) is 0 Å². The number of rotatable bonds is 7. The van der Waals surface area contributed by atoms with Gasteiger partial charge in [0.05, 0.1) is 11.6 Å². The average molecular weight is 410 g/mol. The van der Waals surface area contributed by atoms with Crippen molar-refractivity contribution >= 4 is 15.9 Å². The van der Waals surface area contributed by atoms with Crippen molar-refractivity contribution in [2.75, 3.05) is 0 Å². The van der Waals surface area contributed by atoms with Gasteiger partial charge in [-0.2, -0.15) is 5.26 Å². The van der Waals surface area contributed by atoms with Gasteiger partial charge in [-0.25, -0.2) is 4.98 Å². The molecule has 3 aromatic rings. The van der Waals surface area contributed by atoms with Gasteiger partial charge in [-0.15, -0.1) is 0 Å². The molecule has 2 aromatic carbocycles. The van der Waals surface area contributed by atoms with Crippen molar-refractivity contribution in [3.05, 3.63) is 81.8 Å². The molecule has 0 saturated carbocycles. The lowest BCUT2D eigenvalue weighted by Crippen LogP contribution is -2.07. The van der Waals surface area contributed by atoms with E-state index in [-0.39, 0.29) is 5.92 Å². The summed E-state index contributed by atoms with van der Waals surface area (Å²) < 4.78 is 7.15. The number of ether oxygens (including phenoxy) is 1. The van der Waals surface area contributed by atoms with Crippen molar-refractivity contribution in [1.82, 2.24) is 9.97 Å². The van der Waals surface area contributed by atoms with E-state index in [0.717, 1.165) is 40.0 Å². The Labute approximate surface area is 162 Å². The first-order chi connectivity index (χ1) is 12.7. The van der Waals surface area contributed by atoms with Crippen LogP contribution in [0.4, 0.5) is 0 Å². The average Bonchev–Trinajstić information content (AvgIpc) is 3.19. The Balaban J connectivity index is 1.93. The van der Waals surface area contributed by atoms with Crippen LogP contribution in [0.1, 0.15) is 48.2 Å². The van der Waals surface area contributed by atoms with Gasteiger partial charge in [0.2, 0.25) is 0 Å². The van der Waals surface area contributed by atoms with Crippen molar-refractivity contribution in [1.29, 1.82) is 5.26 Å². The van der Waals surface area contributed by atoms with E-state index in [1.807, 2.05) is 48.7 Å². The molecule has 0 aliphatic rings. The Morgan fingerprint density at radius 3 is 2.85 bits per heavy atom. The summed E-state index contributed by atoms with van der Waals surface area (Å²) in [5.41, 5.74) is 2.71. The lowest BCUT2D eigenvalue weighted by atomic mass is 9.92. The maximum absolute atomic E-state index is 9.27. The van der Waals surface area contributed by atoms with Crippen molar-refractivity contribution < 1.29 is 4.74 Å². The molecule has 1 unspecified atom stereocenters. The number of hydrogen-bond acceptors (Lipinski definition) is 3. The number of hydrogen-bond donors (Lipinski definition) is 1. The number of imidazole rings is 1. The molecule has 3 rings (SSSR count). The minimum atomic E-state index is 0.111. The molecule has 0 amide bonds. The van der Waals surface area contributed by atoms with E-state index in [9.17, 15) is 5.26 Å². The second kappa shape index (κ2) is 8.68. The van der Waals surface area contributed by atoms with Crippen LogP contribution in [0, 0.1) is 11.3 Å². The molecule has 0 spiro atoms. The van der Waals surface area contributed by atoms with E-state index in [4.69, 9.17) is 4.74 Å². The Morgan fingerprint density at radius 1 is 1.27 bits per heavy atom. The molecule has 0 radical (unpaired) electrons. The van der Waals surface area contributed by atoms with Crippen LogP contribution in [-0.2, 0) is 6.61 Å². The third kappa shape index (κ3) is 4.33. The van der Waals surface area contributed by atoms with E-state index < -0.39 is 0 Å². The van der Waals surface area contributed by atoms with Crippen LogP contribution in [0.3, 0.4) is 0 Å². The lowest BCUT2D eigenvalue weighted by Gasteiger charge is -2.19. The standard InChI is InChI=1S/C21H20BrN3O/c1-2-4-19(21-24-9-10-25-21)18-8-7-15(13-23)12-20(18)26-14-16-5-3-6-17(22)11-16/h3,5-12,19H,2,4,14H2,1H3,(H,24,25). The number of halogens is 1. The fourth-order valence-electron chi connectivity index (χ4n) is 3.00. The van der Waals surface area contributed by atoms with Gasteiger partial charge in [0.15, 0.2) is 0 Å². The molecule has 1 atom stereocenters. The highest BCUT2D eigenvalue weighted by molar-refractivity contribution is 9.10. The fourth-order valence-corrected chi connectivity index (χ4v) is 3.45. The summed E-state index contributed by atoms with van der Waals surface area (Å²) in [6, 6.07) is 15.9. The number of benzene rings is 2. The van der Waals surface area contributed by atoms with Gasteiger partial charge < -0.3 is 9.72 Å². The van der Waals surface area contributed by atoms with Crippen molar-refractivity contribution in [2.24, 2.45) is 0 Å². The van der Waals surface area contributed by atoms with Gasteiger partial charge in [-0.3, -0.25) is 0 Å². The maximum Gasteiger partial charge on any atom is 0.125 e. The van der Waals surface area contributed by atoms with Gasteiger partial charge in [0.1, 0.15) is 18.2 Å². The van der Waals surface area contributed by atoms with Crippen molar-refractivity contribution in [2.45, 2.75) is 32.3 Å². The molecule has 0 saturated heterocycles. The zero-order valence-corrected chi connectivity index (χ0v) is 16.2. The lowest BCUT2D eigenvalue weighted by molar-refractivity contribution is 0.301. The minimum Gasteiger partial charge on any atom is -0.489 e. The van der Waals surface area contributed by atoms with E-state index in [1.165, 1.54) is 0 Å². The molecule has 0 bridgehead atoms. The number of nitrogens with one attached hydrogen (secondary N) is 1. The van der Waals surface area contributed by atoms with E-state index in [2.05, 4.69) is 38.9 Å². The number of nitriles is 1. The van der Waals surface area contributed by atoms with Crippen LogP contribution in [-0.4, -0.2) is 9.97 Å². The quantitative estimate of drug-likeness (QED) is 0.555. The topological polar surface area (TPSA) is 61.7 Å². The van der Waals surface area contributed by atoms with Crippen molar-refractivity contribution in [3.8, 4) is 11.8 Å². The molecule has 1 heterocycles. The van der Waals surface area contributed by atoms with Gasteiger partial charge in [0, 0.05) is 28.3 Å². The first-order valence-corrected chi connectivity index (χ1v) is 9.41. The Morgan fingerprint density at radius 2 is 2.15 bits per heavy atom. The predicted molar refractivity (Wildman–Crippen MR) is 105 cm³/mol. The highest BCUT2D eigenvalue weighted by atomic mass is 79.9. The molecular formula is C21H20BrN3O. The SMILES string of the molecule is CCCC(c1ncc[nH]1)c1ccc(C#N)cc1OCc1cccc(Br)c1. The highest BCUT2D eigenvalue weighted by Crippen LogP contribution is 2.35. The predicted octanol–water partition coefficient (Wildman–Crippen LogP) is 5.55. The number of aromatic nitrogens is 2. The largest absolute Gasteiger partial charge is 0.489 e. The molecule has 0 fully saturated rings. The fraction of sp³-hybridized carbons (Fsp3) is 0.238. The normalized spacial score (nSPS) is 11.7. The monoisotopic (exact) mass is 409 g/mol. The van der Waals surface area contributed by atoms with Crippen LogP contribution in [0.15, 0.2) is 59.3 Å². The zero-order chi connectivity index (χ0) is 18.4. The molecule has 0 aliphatic carbocycles.